The van der Waals surface area contributed by atoms with Crippen molar-refractivity contribution in [2.24, 2.45) is 0 Å². The minimum Gasteiger partial charge on any atom is -0.244 e. The van der Waals surface area contributed by atoms with Gasteiger partial charge in [0.05, 0.1) is 5.52 Å². The normalized spacial score (nSPS) is 11.4. The molecular formula is C20H15N5S. The van der Waals surface area contributed by atoms with Crippen LogP contribution < -0.4 is 0 Å². The number of aryl methyl sites for hydroxylation is 2. The molecule has 0 bridgehead atoms. The van der Waals surface area contributed by atoms with E-state index in [0.717, 1.165) is 39.4 Å². The molecule has 0 saturated heterocycles. The van der Waals surface area contributed by atoms with Crippen molar-refractivity contribution in [1.82, 2.24) is 24.8 Å². The lowest BCUT2D eigenvalue weighted by atomic mass is 10.1. The Kier molecular flexibility index (Phi) is 3.68. The molecule has 0 amide bonds. The van der Waals surface area contributed by atoms with Crippen LogP contribution in [0.25, 0.3) is 27.4 Å². The highest BCUT2D eigenvalue weighted by atomic mass is 32.1. The maximum atomic E-state index is 4.71. The summed E-state index contributed by atoms with van der Waals surface area (Å²) >= 11 is 1.59. The predicted molar refractivity (Wildman–Crippen MR) is 103 cm³/mol. The van der Waals surface area contributed by atoms with Crippen molar-refractivity contribution >= 4 is 27.2 Å². The molecule has 0 atom stereocenters. The first-order valence-electron chi connectivity index (χ1n) is 8.48. The molecule has 126 valence electrons. The highest BCUT2D eigenvalue weighted by molar-refractivity contribution is 7.16. The summed E-state index contributed by atoms with van der Waals surface area (Å²) in [7, 11) is 0. The SMILES string of the molecule is c1ccc(CCc2nn3c(-c4ccc5ccccc5n4)nnc3s2)cc1. The first-order valence-corrected chi connectivity index (χ1v) is 9.30. The fraction of sp³-hybridized carbons (Fsp3) is 0.100. The first kappa shape index (κ1) is 15.2. The molecule has 0 aliphatic heterocycles. The summed E-state index contributed by atoms with van der Waals surface area (Å²) in [5, 5.41) is 15.5. The van der Waals surface area contributed by atoms with Gasteiger partial charge in [0.15, 0.2) is 0 Å². The summed E-state index contributed by atoms with van der Waals surface area (Å²) in [6.45, 7) is 0. The lowest BCUT2D eigenvalue weighted by Crippen LogP contribution is -1.96. The zero-order valence-corrected chi connectivity index (χ0v) is 14.7. The summed E-state index contributed by atoms with van der Waals surface area (Å²) in [5.41, 5.74) is 3.05. The van der Waals surface area contributed by atoms with Crippen molar-refractivity contribution in [2.45, 2.75) is 12.8 Å². The molecule has 5 rings (SSSR count). The summed E-state index contributed by atoms with van der Waals surface area (Å²) in [4.78, 5) is 5.52. The van der Waals surface area contributed by atoms with E-state index >= 15 is 0 Å². The van der Waals surface area contributed by atoms with Crippen LogP contribution in [0.3, 0.4) is 0 Å². The predicted octanol–water partition coefficient (Wildman–Crippen LogP) is 4.19. The standard InChI is InChI=1S/C20H15N5S/c1-2-6-14(7-3-1)10-13-18-24-25-19(22-23-20(25)26-18)17-12-11-15-8-4-5-9-16(15)21-17/h1-9,11-12H,10,13H2. The number of aromatic nitrogens is 5. The number of hydrogen-bond acceptors (Lipinski definition) is 5. The van der Waals surface area contributed by atoms with Gasteiger partial charge in [0, 0.05) is 11.8 Å². The first-order chi connectivity index (χ1) is 12.9. The van der Waals surface area contributed by atoms with Crippen molar-refractivity contribution in [3.63, 3.8) is 0 Å². The smallest absolute Gasteiger partial charge is 0.235 e. The van der Waals surface area contributed by atoms with E-state index in [-0.39, 0.29) is 0 Å². The van der Waals surface area contributed by atoms with E-state index in [1.165, 1.54) is 5.56 Å². The molecule has 26 heavy (non-hydrogen) atoms. The van der Waals surface area contributed by atoms with Gasteiger partial charge in [-0.15, -0.1) is 10.2 Å². The number of nitrogens with zero attached hydrogens (tertiary/aromatic N) is 5. The quantitative estimate of drug-likeness (QED) is 0.484. The van der Waals surface area contributed by atoms with Gasteiger partial charge in [0.25, 0.3) is 0 Å². The van der Waals surface area contributed by atoms with E-state index in [9.17, 15) is 0 Å². The highest BCUT2D eigenvalue weighted by Gasteiger charge is 2.14. The van der Waals surface area contributed by atoms with Gasteiger partial charge < -0.3 is 0 Å². The van der Waals surface area contributed by atoms with Gasteiger partial charge in [0.2, 0.25) is 10.8 Å². The highest BCUT2D eigenvalue weighted by Crippen LogP contribution is 2.23. The Labute approximate surface area is 154 Å². The Balaban J connectivity index is 1.47. The number of rotatable bonds is 4. The monoisotopic (exact) mass is 357 g/mol. The van der Waals surface area contributed by atoms with Crippen molar-refractivity contribution in [3.05, 3.63) is 77.3 Å². The zero-order chi connectivity index (χ0) is 17.3. The Bertz CT molecular complexity index is 1190. The van der Waals surface area contributed by atoms with Crippen LogP contribution in [-0.4, -0.2) is 24.8 Å². The van der Waals surface area contributed by atoms with E-state index in [4.69, 9.17) is 10.1 Å². The number of para-hydroxylation sites is 1. The molecule has 0 N–H and O–H groups in total. The molecule has 5 aromatic rings. The van der Waals surface area contributed by atoms with Gasteiger partial charge in [-0.1, -0.05) is 65.9 Å². The van der Waals surface area contributed by atoms with Gasteiger partial charge in [-0.2, -0.15) is 9.61 Å². The second kappa shape index (κ2) is 6.31. The largest absolute Gasteiger partial charge is 0.244 e. The van der Waals surface area contributed by atoms with Crippen LogP contribution in [0.15, 0.2) is 66.7 Å². The second-order valence-electron chi connectivity index (χ2n) is 6.09. The van der Waals surface area contributed by atoms with Crippen molar-refractivity contribution in [1.29, 1.82) is 0 Å². The molecule has 0 radical (unpaired) electrons. The van der Waals surface area contributed by atoms with E-state index in [2.05, 4.69) is 46.6 Å². The van der Waals surface area contributed by atoms with E-state index in [0.29, 0.717) is 5.82 Å². The molecule has 0 aliphatic rings. The fourth-order valence-corrected chi connectivity index (χ4v) is 3.84. The van der Waals surface area contributed by atoms with Crippen LogP contribution in [0.5, 0.6) is 0 Å². The summed E-state index contributed by atoms with van der Waals surface area (Å²) in [6.07, 6.45) is 1.86. The minimum atomic E-state index is 0.688. The van der Waals surface area contributed by atoms with Crippen LogP contribution in [0.4, 0.5) is 0 Å². The average molecular weight is 357 g/mol. The van der Waals surface area contributed by atoms with E-state index in [1.807, 2.05) is 34.8 Å². The molecule has 6 heteroatoms. The van der Waals surface area contributed by atoms with Crippen molar-refractivity contribution < 1.29 is 0 Å². The Morgan fingerprint density at radius 1 is 0.808 bits per heavy atom. The van der Waals surface area contributed by atoms with Crippen molar-refractivity contribution in [2.75, 3.05) is 0 Å². The molecule has 0 saturated carbocycles. The third kappa shape index (κ3) is 2.74. The Hall–Kier alpha value is -3.12. The van der Waals surface area contributed by atoms with Crippen LogP contribution in [0.2, 0.25) is 0 Å². The number of hydrogen-bond donors (Lipinski definition) is 0. The Morgan fingerprint density at radius 3 is 2.58 bits per heavy atom. The van der Waals surface area contributed by atoms with Gasteiger partial charge in [-0.05, 0) is 24.1 Å². The van der Waals surface area contributed by atoms with Gasteiger partial charge >= 0.3 is 0 Å². The molecule has 3 heterocycles. The van der Waals surface area contributed by atoms with Crippen LogP contribution >= 0.6 is 11.3 Å². The van der Waals surface area contributed by atoms with Crippen LogP contribution in [0, 0.1) is 0 Å². The molecule has 3 aromatic heterocycles. The third-order valence-corrected chi connectivity index (χ3v) is 5.29. The molecule has 0 fully saturated rings. The van der Waals surface area contributed by atoms with E-state index < -0.39 is 0 Å². The molecule has 0 aliphatic carbocycles. The maximum absolute atomic E-state index is 4.71. The summed E-state index contributed by atoms with van der Waals surface area (Å²) < 4.78 is 1.81. The lowest BCUT2D eigenvalue weighted by Gasteiger charge is -2.00. The number of pyridine rings is 1. The zero-order valence-electron chi connectivity index (χ0n) is 13.9. The summed E-state index contributed by atoms with van der Waals surface area (Å²) in [5.74, 6) is 0.688. The van der Waals surface area contributed by atoms with E-state index in [1.54, 1.807) is 11.3 Å². The van der Waals surface area contributed by atoms with Gasteiger partial charge in [0.1, 0.15) is 10.7 Å². The molecule has 0 unspecified atom stereocenters. The molecular weight excluding hydrogens is 342 g/mol. The minimum absolute atomic E-state index is 0.688. The second-order valence-corrected chi connectivity index (χ2v) is 7.13. The number of fused-ring (bicyclic) bond motifs is 2. The molecule has 5 nitrogen and oxygen atoms in total. The van der Waals surface area contributed by atoms with Crippen LogP contribution in [-0.2, 0) is 12.8 Å². The molecule has 0 spiro atoms. The van der Waals surface area contributed by atoms with Crippen molar-refractivity contribution in [3.8, 4) is 11.5 Å². The third-order valence-electron chi connectivity index (χ3n) is 4.33. The van der Waals surface area contributed by atoms with Gasteiger partial charge in [-0.25, -0.2) is 4.98 Å². The molecule has 2 aromatic carbocycles. The van der Waals surface area contributed by atoms with Crippen LogP contribution in [0.1, 0.15) is 10.6 Å². The fourth-order valence-electron chi connectivity index (χ4n) is 3.00. The topological polar surface area (TPSA) is 56.0 Å². The average Bonchev–Trinajstić information content (AvgIpc) is 3.27. The summed E-state index contributed by atoms with van der Waals surface area (Å²) in [6, 6.07) is 22.5. The number of benzene rings is 2. The maximum Gasteiger partial charge on any atom is 0.235 e. The van der Waals surface area contributed by atoms with Gasteiger partial charge in [-0.3, -0.25) is 0 Å². The Morgan fingerprint density at radius 2 is 1.65 bits per heavy atom. The lowest BCUT2D eigenvalue weighted by molar-refractivity contribution is 0.863.